The third kappa shape index (κ3) is 11.7. The van der Waals surface area contributed by atoms with Gasteiger partial charge in [-0.1, -0.05) is 44.2 Å². The van der Waals surface area contributed by atoms with Crippen LogP contribution in [0.3, 0.4) is 0 Å². The number of rotatable bonds is 16. The third-order valence-corrected chi connectivity index (χ3v) is 5.46. The van der Waals surface area contributed by atoms with Crippen molar-refractivity contribution in [2.75, 3.05) is 6.54 Å². The SMILES string of the molecule is CC(C)C(NC(=O)C(CC(=O)O)NC(=O)C(N)CCCN=C(N)N)C(=O)NC(Cc1ccccc1)C(=O)O. The van der Waals surface area contributed by atoms with E-state index >= 15 is 0 Å². The van der Waals surface area contributed by atoms with Crippen molar-refractivity contribution in [3.8, 4) is 0 Å². The fourth-order valence-electron chi connectivity index (χ4n) is 3.41. The molecule has 0 saturated carbocycles. The summed E-state index contributed by atoms with van der Waals surface area (Å²) in [5, 5.41) is 26.0. The highest BCUT2D eigenvalue weighted by atomic mass is 16.4. The van der Waals surface area contributed by atoms with Gasteiger partial charge in [0.05, 0.1) is 12.5 Å². The summed E-state index contributed by atoms with van der Waals surface area (Å²) in [5.41, 5.74) is 17.0. The number of carbonyl (C=O) groups is 5. The number of aliphatic imine (C=N–C) groups is 1. The molecule has 0 aliphatic rings. The van der Waals surface area contributed by atoms with E-state index in [0.717, 1.165) is 0 Å². The van der Waals surface area contributed by atoms with E-state index in [2.05, 4.69) is 20.9 Å². The lowest BCUT2D eigenvalue weighted by Crippen LogP contribution is -2.59. The van der Waals surface area contributed by atoms with Crippen LogP contribution >= 0.6 is 0 Å². The Morgan fingerprint density at radius 1 is 0.895 bits per heavy atom. The summed E-state index contributed by atoms with van der Waals surface area (Å²) in [6.45, 7) is 3.47. The Morgan fingerprint density at radius 3 is 2.03 bits per heavy atom. The minimum atomic E-state index is -1.53. The highest BCUT2D eigenvalue weighted by Crippen LogP contribution is 2.08. The number of nitrogens with zero attached hydrogens (tertiary/aromatic N) is 1. The molecule has 1 aromatic rings. The Morgan fingerprint density at radius 2 is 1.50 bits per heavy atom. The molecule has 0 aliphatic carbocycles. The van der Waals surface area contributed by atoms with Gasteiger partial charge in [0.25, 0.3) is 0 Å². The highest BCUT2D eigenvalue weighted by Gasteiger charge is 2.32. The number of aliphatic carboxylic acids is 2. The first-order valence-electron chi connectivity index (χ1n) is 12.0. The monoisotopic (exact) mass is 535 g/mol. The zero-order valence-electron chi connectivity index (χ0n) is 21.4. The summed E-state index contributed by atoms with van der Waals surface area (Å²) in [4.78, 5) is 65.2. The van der Waals surface area contributed by atoms with Gasteiger partial charge in [-0.2, -0.15) is 0 Å². The largest absolute Gasteiger partial charge is 0.481 e. The van der Waals surface area contributed by atoms with Crippen molar-refractivity contribution < 1.29 is 34.2 Å². The number of nitrogens with two attached hydrogens (primary N) is 3. The number of guanidine groups is 1. The second-order valence-corrected chi connectivity index (χ2v) is 9.03. The van der Waals surface area contributed by atoms with E-state index in [4.69, 9.17) is 17.2 Å². The zero-order valence-corrected chi connectivity index (χ0v) is 21.4. The lowest BCUT2D eigenvalue weighted by Gasteiger charge is -2.26. The van der Waals surface area contributed by atoms with Gasteiger partial charge in [-0.3, -0.25) is 24.2 Å². The quantitative estimate of drug-likeness (QED) is 0.0675. The topological polar surface area (TPSA) is 252 Å². The molecule has 0 radical (unpaired) electrons. The number of carboxylic acid groups (broad SMARTS) is 2. The van der Waals surface area contributed by atoms with Gasteiger partial charge < -0.3 is 43.4 Å². The third-order valence-electron chi connectivity index (χ3n) is 5.46. The van der Waals surface area contributed by atoms with Crippen molar-refractivity contribution in [2.24, 2.45) is 28.1 Å². The average Bonchev–Trinajstić information content (AvgIpc) is 2.83. The standard InChI is InChI=1S/C24H37N7O7/c1-13(2)19(22(36)30-17(23(37)38)11-14-7-4-3-5-8-14)31-21(35)16(12-18(32)33)29-20(34)15(25)9-6-10-28-24(26)27/h3-5,7-8,13,15-17,19H,6,9-12,25H2,1-2H3,(H,29,34)(H,30,36)(H,31,35)(H,32,33)(H,37,38)(H4,26,27,28). The Hall–Kier alpha value is -4.20. The van der Waals surface area contributed by atoms with Crippen LogP contribution in [0.1, 0.15) is 38.7 Å². The van der Waals surface area contributed by atoms with Crippen LogP contribution in [-0.2, 0) is 30.4 Å². The Balaban J connectivity index is 2.90. The maximum atomic E-state index is 13.0. The molecule has 1 aromatic carbocycles. The maximum absolute atomic E-state index is 13.0. The first kappa shape index (κ1) is 31.8. The molecule has 0 spiro atoms. The molecular formula is C24H37N7O7. The molecule has 0 heterocycles. The number of amides is 3. The van der Waals surface area contributed by atoms with Crippen molar-refractivity contribution in [1.29, 1.82) is 0 Å². The van der Waals surface area contributed by atoms with Crippen LogP contribution in [0.2, 0.25) is 0 Å². The molecule has 4 unspecified atom stereocenters. The lowest BCUT2D eigenvalue weighted by atomic mass is 10.0. The number of carbonyl (C=O) groups excluding carboxylic acids is 3. The van der Waals surface area contributed by atoms with E-state index < -0.39 is 66.2 Å². The van der Waals surface area contributed by atoms with Crippen LogP contribution in [0.25, 0.3) is 0 Å². The highest BCUT2D eigenvalue weighted by molar-refractivity contribution is 5.95. The van der Waals surface area contributed by atoms with Crippen molar-refractivity contribution in [3.05, 3.63) is 35.9 Å². The number of hydrogen-bond donors (Lipinski definition) is 8. The van der Waals surface area contributed by atoms with Crippen LogP contribution in [0, 0.1) is 5.92 Å². The Labute approximate surface area is 220 Å². The smallest absolute Gasteiger partial charge is 0.326 e. The molecule has 210 valence electrons. The zero-order chi connectivity index (χ0) is 28.8. The molecule has 14 nitrogen and oxygen atoms in total. The van der Waals surface area contributed by atoms with E-state index in [-0.39, 0.29) is 25.3 Å². The summed E-state index contributed by atoms with van der Waals surface area (Å²) in [7, 11) is 0. The predicted octanol–water partition coefficient (Wildman–Crippen LogP) is -1.72. The summed E-state index contributed by atoms with van der Waals surface area (Å²) in [5.74, 6) is -5.71. The normalized spacial score (nSPS) is 13.9. The summed E-state index contributed by atoms with van der Waals surface area (Å²) >= 11 is 0. The number of nitrogens with one attached hydrogen (secondary N) is 3. The summed E-state index contributed by atoms with van der Waals surface area (Å²) < 4.78 is 0. The molecule has 0 aromatic heterocycles. The van der Waals surface area contributed by atoms with Crippen LogP contribution in [0.4, 0.5) is 0 Å². The van der Waals surface area contributed by atoms with Gasteiger partial charge in [0.2, 0.25) is 17.7 Å². The van der Waals surface area contributed by atoms with Crippen LogP contribution in [0.15, 0.2) is 35.3 Å². The molecule has 4 atom stereocenters. The van der Waals surface area contributed by atoms with E-state index in [1.54, 1.807) is 44.2 Å². The van der Waals surface area contributed by atoms with Gasteiger partial charge in [0.1, 0.15) is 18.1 Å². The molecule has 0 saturated heterocycles. The van der Waals surface area contributed by atoms with Crippen LogP contribution < -0.4 is 33.2 Å². The van der Waals surface area contributed by atoms with Crippen molar-refractivity contribution in [3.63, 3.8) is 0 Å². The molecule has 0 bridgehead atoms. The number of carboxylic acids is 2. The summed E-state index contributed by atoms with van der Waals surface area (Å²) in [6.07, 6.45) is -0.222. The fraction of sp³-hybridized carbons (Fsp3) is 0.500. The average molecular weight is 536 g/mol. The van der Waals surface area contributed by atoms with Gasteiger partial charge in [0, 0.05) is 13.0 Å². The summed E-state index contributed by atoms with van der Waals surface area (Å²) in [6, 6.07) is 3.61. The second-order valence-electron chi connectivity index (χ2n) is 9.03. The van der Waals surface area contributed by atoms with E-state index in [1.165, 1.54) is 0 Å². The molecule has 14 heteroatoms. The van der Waals surface area contributed by atoms with E-state index in [0.29, 0.717) is 12.0 Å². The van der Waals surface area contributed by atoms with E-state index in [1.807, 2.05) is 0 Å². The lowest BCUT2D eigenvalue weighted by molar-refractivity contribution is -0.143. The van der Waals surface area contributed by atoms with Crippen LogP contribution in [-0.4, -0.2) is 76.5 Å². The fourth-order valence-corrected chi connectivity index (χ4v) is 3.41. The second kappa shape index (κ2) is 15.8. The van der Waals surface area contributed by atoms with Gasteiger partial charge in [-0.25, -0.2) is 4.79 Å². The Kier molecular flexibility index (Phi) is 13.2. The van der Waals surface area contributed by atoms with Gasteiger partial charge in [0.15, 0.2) is 5.96 Å². The molecule has 0 aliphatic heterocycles. The van der Waals surface area contributed by atoms with E-state index in [9.17, 15) is 34.2 Å². The van der Waals surface area contributed by atoms with Crippen molar-refractivity contribution in [2.45, 2.75) is 63.7 Å². The van der Waals surface area contributed by atoms with Gasteiger partial charge in [-0.05, 0) is 24.3 Å². The first-order chi connectivity index (χ1) is 17.8. The molecule has 1 rings (SSSR count). The predicted molar refractivity (Wildman–Crippen MR) is 139 cm³/mol. The minimum Gasteiger partial charge on any atom is -0.481 e. The van der Waals surface area contributed by atoms with Gasteiger partial charge >= 0.3 is 11.9 Å². The Bertz CT molecular complexity index is 997. The maximum Gasteiger partial charge on any atom is 0.326 e. The molecule has 11 N–H and O–H groups in total. The van der Waals surface area contributed by atoms with Gasteiger partial charge in [-0.15, -0.1) is 0 Å². The molecule has 3 amide bonds. The molecule has 38 heavy (non-hydrogen) atoms. The molecule has 0 fully saturated rings. The minimum absolute atomic E-state index is 0.0133. The van der Waals surface area contributed by atoms with Crippen LogP contribution in [0.5, 0.6) is 0 Å². The van der Waals surface area contributed by atoms with Crippen molar-refractivity contribution in [1.82, 2.24) is 16.0 Å². The van der Waals surface area contributed by atoms with Crippen molar-refractivity contribution >= 4 is 35.6 Å². The number of hydrogen-bond acceptors (Lipinski definition) is 7. The first-order valence-corrected chi connectivity index (χ1v) is 12.0. The molecular weight excluding hydrogens is 498 g/mol. The number of benzene rings is 1.